The van der Waals surface area contributed by atoms with Crippen molar-refractivity contribution >= 4 is 11.9 Å². The fourth-order valence-electron chi connectivity index (χ4n) is 1.67. The van der Waals surface area contributed by atoms with E-state index in [1.165, 1.54) is 18.2 Å². The van der Waals surface area contributed by atoms with E-state index in [-0.39, 0.29) is 37.1 Å². The highest BCUT2D eigenvalue weighted by molar-refractivity contribution is 5.76. The number of halogens is 1. The number of carboxylic acid groups (broad SMARTS) is 1. The van der Waals surface area contributed by atoms with Crippen molar-refractivity contribution < 1.29 is 23.8 Å². The van der Waals surface area contributed by atoms with Crippen molar-refractivity contribution in [1.29, 1.82) is 0 Å². The molecular formula is C15H20FNO4. The van der Waals surface area contributed by atoms with Crippen molar-refractivity contribution in [2.45, 2.75) is 26.2 Å². The first-order chi connectivity index (χ1) is 9.97. The quantitative estimate of drug-likeness (QED) is 0.733. The van der Waals surface area contributed by atoms with Gasteiger partial charge in [-0.2, -0.15) is 0 Å². The molecule has 0 saturated carbocycles. The van der Waals surface area contributed by atoms with E-state index in [1.807, 2.05) is 6.92 Å². The Labute approximate surface area is 123 Å². The van der Waals surface area contributed by atoms with Crippen molar-refractivity contribution in [3.63, 3.8) is 0 Å². The lowest BCUT2D eigenvalue weighted by atomic mass is 10.1. The van der Waals surface area contributed by atoms with Crippen LogP contribution in [0.25, 0.3) is 0 Å². The molecule has 0 saturated heterocycles. The number of aliphatic carboxylic acids is 1. The predicted octanol–water partition coefficient (Wildman–Crippen LogP) is 2.21. The number of carbonyl (C=O) groups excluding carboxylic acids is 1. The molecule has 1 rings (SSSR count). The molecule has 0 heterocycles. The molecule has 1 aromatic rings. The number of amides is 1. The molecule has 0 radical (unpaired) electrons. The molecule has 6 heteroatoms. The lowest BCUT2D eigenvalue weighted by Gasteiger charge is -2.11. The third-order valence-electron chi connectivity index (χ3n) is 2.89. The van der Waals surface area contributed by atoms with Gasteiger partial charge in [-0.1, -0.05) is 13.0 Å². The Bertz CT molecular complexity index is 478. The van der Waals surface area contributed by atoms with Crippen LogP contribution in [0.4, 0.5) is 4.39 Å². The second-order valence-electron chi connectivity index (χ2n) is 4.90. The summed E-state index contributed by atoms with van der Waals surface area (Å²) in [6, 6.07) is 5.73. The van der Waals surface area contributed by atoms with Crippen LogP contribution in [0.3, 0.4) is 0 Å². The molecule has 0 aromatic heterocycles. The van der Waals surface area contributed by atoms with E-state index in [4.69, 9.17) is 9.84 Å². The Morgan fingerprint density at radius 3 is 2.81 bits per heavy atom. The third-order valence-corrected chi connectivity index (χ3v) is 2.89. The summed E-state index contributed by atoms with van der Waals surface area (Å²) in [5, 5.41) is 11.3. The number of carbonyl (C=O) groups is 2. The van der Waals surface area contributed by atoms with Gasteiger partial charge >= 0.3 is 5.97 Å². The van der Waals surface area contributed by atoms with Crippen LogP contribution in [0.5, 0.6) is 5.75 Å². The normalized spacial score (nSPS) is 11.7. The molecule has 1 atom stereocenters. The zero-order valence-electron chi connectivity index (χ0n) is 12.0. The van der Waals surface area contributed by atoms with E-state index in [1.54, 1.807) is 6.07 Å². The summed E-state index contributed by atoms with van der Waals surface area (Å²) < 4.78 is 18.2. The zero-order valence-corrected chi connectivity index (χ0v) is 12.0. The first kappa shape index (κ1) is 16.9. The first-order valence-electron chi connectivity index (χ1n) is 6.84. The smallest absolute Gasteiger partial charge is 0.303 e. The summed E-state index contributed by atoms with van der Waals surface area (Å²) in [6.45, 7) is 2.48. The largest absolute Gasteiger partial charge is 0.493 e. The van der Waals surface area contributed by atoms with Gasteiger partial charge in [-0.25, -0.2) is 4.39 Å². The monoisotopic (exact) mass is 297 g/mol. The van der Waals surface area contributed by atoms with Gasteiger partial charge in [0.15, 0.2) is 0 Å². The Hall–Kier alpha value is -2.11. The second kappa shape index (κ2) is 8.94. The minimum absolute atomic E-state index is 0.0969. The molecule has 0 spiro atoms. The molecule has 0 fully saturated rings. The SMILES string of the molecule is CC(CCC(=O)O)CNC(=O)CCOc1cccc(F)c1. The Kier molecular flexibility index (Phi) is 7.21. The minimum atomic E-state index is -0.836. The lowest BCUT2D eigenvalue weighted by Crippen LogP contribution is -2.29. The Balaban J connectivity index is 2.15. The van der Waals surface area contributed by atoms with Crippen LogP contribution in [0.15, 0.2) is 24.3 Å². The van der Waals surface area contributed by atoms with Crippen molar-refractivity contribution in [3.8, 4) is 5.75 Å². The number of ether oxygens (including phenoxy) is 1. The topological polar surface area (TPSA) is 75.6 Å². The summed E-state index contributed by atoms with van der Waals surface area (Å²) in [5.74, 6) is -0.902. The molecule has 5 nitrogen and oxygen atoms in total. The molecule has 2 N–H and O–H groups in total. The molecular weight excluding hydrogens is 277 g/mol. The number of benzene rings is 1. The van der Waals surface area contributed by atoms with Gasteiger partial charge in [0.05, 0.1) is 13.0 Å². The maximum Gasteiger partial charge on any atom is 0.303 e. The van der Waals surface area contributed by atoms with Gasteiger partial charge in [-0.05, 0) is 24.5 Å². The van der Waals surface area contributed by atoms with E-state index >= 15 is 0 Å². The highest BCUT2D eigenvalue weighted by Crippen LogP contribution is 2.12. The first-order valence-corrected chi connectivity index (χ1v) is 6.84. The van der Waals surface area contributed by atoms with Gasteiger partial charge in [0.2, 0.25) is 5.91 Å². The summed E-state index contributed by atoms with van der Waals surface area (Å²) in [5.41, 5.74) is 0. The summed E-state index contributed by atoms with van der Waals surface area (Å²) in [7, 11) is 0. The second-order valence-corrected chi connectivity index (χ2v) is 4.90. The van der Waals surface area contributed by atoms with Crippen LogP contribution in [0, 0.1) is 11.7 Å². The molecule has 0 aliphatic rings. The van der Waals surface area contributed by atoms with E-state index in [9.17, 15) is 14.0 Å². The van der Waals surface area contributed by atoms with Gasteiger partial charge in [-0.15, -0.1) is 0 Å². The molecule has 0 bridgehead atoms. The van der Waals surface area contributed by atoms with Crippen LogP contribution in [0.2, 0.25) is 0 Å². The molecule has 0 aliphatic heterocycles. The Morgan fingerprint density at radius 1 is 1.38 bits per heavy atom. The van der Waals surface area contributed by atoms with Crippen molar-refractivity contribution in [2.24, 2.45) is 5.92 Å². The average Bonchev–Trinajstić information content (AvgIpc) is 2.43. The number of rotatable bonds is 9. The van der Waals surface area contributed by atoms with Gasteiger partial charge in [-0.3, -0.25) is 9.59 Å². The standard InChI is InChI=1S/C15H20FNO4/c1-11(5-6-15(19)20)10-17-14(18)7-8-21-13-4-2-3-12(16)9-13/h2-4,9,11H,5-8,10H2,1H3,(H,17,18)(H,19,20). The van der Waals surface area contributed by atoms with Crippen LogP contribution in [-0.2, 0) is 9.59 Å². The van der Waals surface area contributed by atoms with Crippen molar-refractivity contribution in [2.75, 3.05) is 13.2 Å². The zero-order chi connectivity index (χ0) is 15.7. The summed E-state index contributed by atoms with van der Waals surface area (Å²) in [4.78, 5) is 22.0. The number of carboxylic acids is 1. The van der Waals surface area contributed by atoms with Gasteiger partial charge in [0.1, 0.15) is 11.6 Å². The maximum atomic E-state index is 12.9. The molecule has 116 valence electrons. The van der Waals surface area contributed by atoms with E-state index in [0.717, 1.165) is 0 Å². The van der Waals surface area contributed by atoms with E-state index < -0.39 is 5.97 Å². The average molecular weight is 297 g/mol. The number of hydrogen-bond acceptors (Lipinski definition) is 3. The molecule has 21 heavy (non-hydrogen) atoms. The fourth-order valence-corrected chi connectivity index (χ4v) is 1.67. The van der Waals surface area contributed by atoms with Gasteiger partial charge in [0, 0.05) is 19.0 Å². The molecule has 1 unspecified atom stereocenters. The number of nitrogens with one attached hydrogen (secondary N) is 1. The van der Waals surface area contributed by atoms with Crippen LogP contribution >= 0.6 is 0 Å². The third kappa shape index (κ3) is 7.91. The van der Waals surface area contributed by atoms with Crippen LogP contribution < -0.4 is 10.1 Å². The fraction of sp³-hybridized carbons (Fsp3) is 0.467. The minimum Gasteiger partial charge on any atom is -0.493 e. The van der Waals surface area contributed by atoms with Crippen molar-refractivity contribution in [3.05, 3.63) is 30.1 Å². The van der Waals surface area contributed by atoms with Crippen molar-refractivity contribution in [1.82, 2.24) is 5.32 Å². The summed E-state index contributed by atoms with van der Waals surface area (Å²) in [6.07, 6.45) is 0.789. The van der Waals surface area contributed by atoms with Gasteiger partial charge < -0.3 is 15.2 Å². The lowest BCUT2D eigenvalue weighted by molar-refractivity contribution is -0.137. The molecule has 1 amide bonds. The maximum absolute atomic E-state index is 12.9. The van der Waals surface area contributed by atoms with E-state index in [0.29, 0.717) is 18.7 Å². The van der Waals surface area contributed by atoms with Crippen LogP contribution in [0.1, 0.15) is 26.2 Å². The molecule has 1 aromatic carbocycles. The molecule has 0 aliphatic carbocycles. The Morgan fingerprint density at radius 2 is 2.14 bits per heavy atom. The van der Waals surface area contributed by atoms with Crippen LogP contribution in [-0.4, -0.2) is 30.1 Å². The number of hydrogen-bond donors (Lipinski definition) is 2. The van der Waals surface area contributed by atoms with E-state index in [2.05, 4.69) is 5.32 Å². The summed E-state index contributed by atoms with van der Waals surface area (Å²) >= 11 is 0. The highest BCUT2D eigenvalue weighted by atomic mass is 19.1. The van der Waals surface area contributed by atoms with Gasteiger partial charge in [0.25, 0.3) is 0 Å². The highest BCUT2D eigenvalue weighted by Gasteiger charge is 2.08. The predicted molar refractivity (Wildman–Crippen MR) is 75.6 cm³/mol.